The normalized spacial score (nSPS) is 30.8. The van der Waals surface area contributed by atoms with E-state index in [1.54, 1.807) is 0 Å². The molecule has 4 nitrogen and oxygen atoms in total. The third kappa shape index (κ3) is 5.55. The van der Waals surface area contributed by atoms with E-state index in [4.69, 9.17) is 4.74 Å². The van der Waals surface area contributed by atoms with Crippen molar-refractivity contribution in [2.45, 2.75) is 64.1 Å². The van der Waals surface area contributed by atoms with E-state index in [2.05, 4.69) is 48.3 Å². The molecule has 1 heterocycles. The van der Waals surface area contributed by atoms with Gasteiger partial charge in [-0.25, -0.2) is 0 Å². The summed E-state index contributed by atoms with van der Waals surface area (Å²) in [7, 11) is 0. The monoisotopic (exact) mass is 344 g/mol. The topological polar surface area (TPSA) is 41.6 Å². The van der Waals surface area contributed by atoms with Gasteiger partial charge in [-0.2, -0.15) is 0 Å². The van der Waals surface area contributed by atoms with Crippen LogP contribution in [0.1, 0.15) is 51.5 Å². The molecule has 4 heteroatoms. The highest BCUT2D eigenvalue weighted by Gasteiger charge is 2.32. The second-order valence-corrected chi connectivity index (χ2v) is 8.21. The standard InChI is InChI=1S/C21H32N2O2/c1-17-8-10-21(2,11-9-17)22-20(24)14-19-16-23(12-13-25-19)15-18-6-4-3-5-7-18/h3-7,17,19H,8-16H2,1-2H3,(H,22,24). The summed E-state index contributed by atoms with van der Waals surface area (Å²) in [6.07, 6.45) is 5.07. The number of nitrogens with one attached hydrogen (secondary N) is 1. The molecule has 1 aliphatic heterocycles. The van der Waals surface area contributed by atoms with Crippen LogP contribution in [0.5, 0.6) is 0 Å². The van der Waals surface area contributed by atoms with Crippen LogP contribution >= 0.6 is 0 Å². The van der Waals surface area contributed by atoms with Gasteiger partial charge in [-0.05, 0) is 44.1 Å². The quantitative estimate of drug-likeness (QED) is 0.890. The number of rotatable bonds is 5. The lowest BCUT2D eigenvalue weighted by molar-refractivity contribution is -0.128. The molecule has 1 aliphatic carbocycles. The minimum absolute atomic E-state index is 0.00331. The van der Waals surface area contributed by atoms with Crippen LogP contribution in [-0.4, -0.2) is 42.1 Å². The molecule has 25 heavy (non-hydrogen) atoms. The molecule has 3 rings (SSSR count). The summed E-state index contributed by atoms with van der Waals surface area (Å²) in [5.74, 6) is 0.932. The molecule has 1 aromatic rings. The van der Waals surface area contributed by atoms with E-state index in [1.807, 2.05) is 6.07 Å². The van der Waals surface area contributed by atoms with Crippen LogP contribution in [0.25, 0.3) is 0 Å². The Morgan fingerprint density at radius 3 is 2.72 bits per heavy atom. The van der Waals surface area contributed by atoms with E-state index in [1.165, 1.54) is 18.4 Å². The molecule has 0 radical (unpaired) electrons. The Morgan fingerprint density at radius 2 is 2.00 bits per heavy atom. The number of hydrogen-bond acceptors (Lipinski definition) is 3. The number of carbonyl (C=O) groups excluding carboxylic acids is 1. The van der Waals surface area contributed by atoms with E-state index in [0.29, 0.717) is 13.0 Å². The van der Waals surface area contributed by atoms with Crippen molar-refractivity contribution in [1.82, 2.24) is 10.2 Å². The summed E-state index contributed by atoms with van der Waals surface area (Å²) in [5.41, 5.74) is 1.29. The maximum atomic E-state index is 12.5. The van der Waals surface area contributed by atoms with Gasteiger partial charge in [0.25, 0.3) is 0 Å². The van der Waals surface area contributed by atoms with E-state index in [0.717, 1.165) is 38.4 Å². The molecule has 0 spiro atoms. The van der Waals surface area contributed by atoms with Gasteiger partial charge in [-0.15, -0.1) is 0 Å². The molecule has 138 valence electrons. The van der Waals surface area contributed by atoms with Crippen molar-refractivity contribution >= 4 is 5.91 Å². The first-order valence-corrected chi connectivity index (χ1v) is 9.71. The van der Waals surface area contributed by atoms with Crippen LogP contribution in [-0.2, 0) is 16.1 Å². The summed E-state index contributed by atoms with van der Waals surface area (Å²) in [4.78, 5) is 14.9. The molecular formula is C21H32N2O2. The molecule has 1 atom stereocenters. The van der Waals surface area contributed by atoms with Crippen LogP contribution in [0, 0.1) is 5.92 Å². The number of nitrogens with zero attached hydrogens (tertiary/aromatic N) is 1. The molecule has 1 aromatic carbocycles. The Balaban J connectivity index is 1.46. The molecule has 1 unspecified atom stereocenters. The van der Waals surface area contributed by atoms with Gasteiger partial charge >= 0.3 is 0 Å². The lowest BCUT2D eigenvalue weighted by Crippen LogP contribution is -2.50. The van der Waals surface area contributed by atoms with Gasteiger partial charge in [0.15, 0.2) is 0 Å². The zero-order valence-corrected chi connectivity index (χ0v) is 15.7. The third-order valence-electron chi connectivity index (χ3n) is 5.70. The van der Waals surface area contributed by atoms with Gasteiger partial charge in [0.1, 0.15) is 0 Å². The molecule has 2 aliphatic rings. The number of ether oxygens (including phenoxy) is 1. The molecule has 0 aromatic heterocycles. The molecule has 1 amide bonds. The predicted molar refractivity (Wildman–Crippen MR) is 100 cm³/mol. The summed E-state index contributed by atoms with van der Waals surface area (Å²) < 4.78 is 5.85. The fourth-order valence-electron chi connectivity index (χ4n) is 4.01. The highest BCUT2D eigenvalue weighted by atomic mass is 16.5. The highest BCUT2D eigenvalue weighted by Crippen LogP contribution is 2.31. The average Bonchev–Trinajstić information content (AvgIpc) is 2.59. The third-order valence-corrected chi connectivity index (χ3v) is 5.70. The number of hydrogen-bond donors (Lipinski definition) is 1. The van der Waals surface area contributed by atoms with Crippen molar-refractivity contribution in [3.63, 3.8) is 0 Å². The first-order valence-electron chi connectivity index (χ1n) is 9.71. The molecular weight excluding hydrogens is 312 g/mol. The van der Waals surface area contributed by atoms with Gasteiger partial charge < -0.3 is 10.1 Å². The molecule has 0 bridgehead atoms. The number of benzene rings is 1. The predicted octanol–water partition coefficient (Wildman–Crippen LogP) is 3.36. The second kappa shape index (κ2) is 8.33. The number of amides is 1. The minimum atomic E-state index is -0.0258. The summed E-state index contributed by atoms with van der Waals surface area (Å²) in [6, 6.07) is 10.5. The van der Waals surface area contributed by atoms with E-state index >= 15 is 0 Å². The van der Waals surface area contributed by atoms with Crippen molar-refractivity contribution < 1.29 is 9.53 Å². The average molecular weight is 344 g/mol. The fraction of sp³-hybridized carbons (Fsp3) is 0.667. The van der Waals surface area contributed by atoms with Crippen molar-refractivity contribution in [3.05, 3.63) is 35.9 Å². The highest BCUT2D eigenvalue weighted by molar-refractivity contribution is 5.77. The van der Waals surface area contributed by atoms with Gasteiger partial charge in [-0.3, -0.25) is 9.69 Å². The van der Waals surface area contributed by atoms with Gasteiger partial charge in [0, 0.05) is 25.2 Å². The molecule has 2 fully saturated rings. The SMILES string of the molecule is CC1CCC(C)(NC(=O)CC2CN(Cc3ccccc3)CCO2)CC1. The number of morpholine rings is 1. The van der Waals surface area contributed by atoms with Gasteiger partial charge in [-0.1, -0.05) is 37.3 Å². The molecule has 1 N–H and O–H groups in total. The Kier molecular flexibility index (Phi) is 6.13. The van der Waals surface area contributed by atoms with Crippen LogP contribution in [0.2, 0.25) is 0 Å². The van der Waals surface area contributed by atoms with Crippen molar-refractivity contribution in [2.75, 3.05) is 19.7 Å². The Morgan fingerprint density at radius 1 is 1.28 bits per heavy atom. The Bertz CT molecular complexity index is 552. The Hall–Kier alpha value is -1.39. The molecule has 1 saturated carbocycles. The number of carbonyl (C=O) groups is 1. The van der Waals surface area contributed by atoms with Crippen molar-refractivity contribution in [3.8, 4) is 0 Å². The van der Waals surface area contributed by atoms with Crippen LogP contribution < -0.4 is 5.32 Å². The first-order chi connectivity index (χ1) is 12.0. The van der Waals surface area contributed by atoms with Crippen LogP contribution in [0.15, 0.2) is 30.3 Å². The molecule has 1 saturated heterocycles. The van der Waals surface area contributed by atoms with Crippen LogP contribution in [0.3, 0.4) is 0 Å². The Labute approximate surface area is 151 Å². The summed E-state index contributed by atoms with van der Waals surface area (Å²) >= 11 is 0. The van der Waals surface area contributed by atoms with Crippen molar-refractivity contribution in [2.24, 2.45) is 5.92 Å². The van der Waals surface area contributed by atoms with E-state index < -0.39 is 0 Å². The smallest absolute Gasteiger partial charge is 0.223 e. The zero-order valence-electron chi connectivity index (χ0n) is 15.7. The fourth-order valence-corrected chi connectivity index (χ4v) is 4.01. The van der Waals surface area contributed by atoms with E-state index in [9.17, 15) is 4.79 Å². The lowest BCUT2D eigenvalue weighted by Gasteiger charge is -2.38. The van der Waals surface area contributed by atoms with Crippen LogP contribution in [0.4, 0.5) is 0 Å². The largest absolute Gasteiger partial charge is 0.375 e. The van der Waals surface area contributed by atoms with E-state index in [-0.39, 0.29) is 17.6 Å². The zero-order chi connectivity index (χ0) is 17.7. The minimum Gasteiger partial charge on any atom is -0.375 e. The van der Waals surface area contributed by atoms with Gasteiger partial charge in [0.05, 0.1) is 19.1 Å². The maximum absolute atomic E-state index is 12.5. The second-order valence-electron chi connectivity index (χ2n) is 8.21. The first kappa shape index (κ1) is 18.4. The maximum Gasteiger partial charge on any atom is 0.223 e. The van der Waals surface area contributed by atoms with Crippen molar-refractivity contribution in [1.29, 1.82) is 0 Å². The summed E-state index contributed by atoms with van der Waals surface area (Å²) in [6.45, 7) is 7.90. The lowest BCUT2D eigenvalue weighted by atomic mass is 9.78. The van der Waals surface area contributed by atoms with Gasteiger partial charge in [0.2, 0.25) is 5.91 Å². The summed E-state index contributed by atoms with van der Waals surface area (Å²) in [5, 5.41) is 3.29.